The molecule has 4 nitrogen and oxygen atoms in total. The summed E-state index contributed by atoms with van der Waals surface area (Å²) in [6, 6.07) is 8.18. The number of likely N-dealkylation sites (tertiary alicyclic amines) is 2. The van der Waals surface area contributed by atoms with Gasteiger partial charge in [0.25, 0.3) is 0 Å². The highest BCUT2D eigenvalue weighted by atomic mass is 19.4. The van der Waals surface area contributed by atoms with Crippen molar-refractivity contribution >= 4 is 6.03 Å². The summed E-state index contributed by atoms with van der Waals surface area (Å²) < 4.78 is 39.3. The van der Waals surface area contributed by atoms with Crippen LogP contribution >= 0.6 is 0 Å². The monoisotopic (exact) mass is 410 g/mol. The molecule has 1 unspecified atom stereocenters. The van der Waals surface area contributed by atoms with Gasteiger partial charge < -0.3 is 14.9 Å². The summed E-state index contributed by atoms with van der Waals surface area (Å²) in [5.41, 5.74) is -0.296. The average Bonchev–Trinajstić information content (AvgIpc) is 2.64. The topological polar surface area (TPSA) is 43.8 Å². The van der Waals surface area contributed by atoms with Crippen LogP contribution in [-0.2, 0) is 11.8 Å². The molecule has 2 atom stereocenters. The first kappa shape index (κ1) is 20.5. The fourth-order valence-electron chi connectivity index (χ4n) is 5.63. The Kier molecular flexibility index (Phi) is 4.50. The molecule has 1 aromatic rings. The second-order valence-electron chi connectivity index (χ2n) is 9.67. The van der Waals surface area contributed by atoms with E-state index in [0.29, 0.717) is 6.54 Å². The molecule has 29 heavy (non-hydrogen) atoms. The molecule has 7 heteroatoms. The van der Waals surface area contributed by atoms with Gasteiger partial charge in [0.05, 0.1) is 0 Å². The van der Waals surface area contributed by atoms with Gasteiger partial charge >= 0.3 is 12.2 Å². The zero-order valence-corrected chi connectivity index (χ0v) is 17.2. The summed E-state index contributed by atoms with van der Waals surface area (Å²) in [6.07, 6.45) is -4.02. The maximum absolute atomic E-state index is 13.3. The second kappa shape index (κ2) is 6.37. The van der Waals surface area contributed by atoms with Gasteiger partial charge in [-0.05, 0) is 29.4 Å². The predicted octanol–water partition coefficient (Wildman–Crippen LogP) is 4.11. The van der Waals surface area contributed by atoms with Crippen molar-refractivity contribution in [2.24, 2.45) is 5.41 Å². The molecular formula is C22H29F3N2O2. The van der Waals surface area contributed by atoms with E-state index in [1.54, 1.807) is 0 Å². The number of amides is 2. The van der Waals surface area contributed by atoms with Crippen LogP contribution in [0.25, 0.3) is 0 Å². The number of nitrogens with zero attached hydrogens (tertiary/aromatic N) is 2. The Bertz CT molecular complexity index is 815. The SMILES string of the molecule is CC1(C)C2Cc3ccccc3[C@]1(C)CCN2C(=O)N1CCC(O)(C(F)(F)F)CC1. The fraction of sp³-hybridized carbons (Fsp3) is 0.682. The Balaban J connectivity index is 1.57. The molecule has 2 saturated heterocycles. The number of urea groups is 1. The molecule has 2 fully saturated rings. The number of aliphatic hydroxyl groups is 1. The molecule has 0 radical (unpaired) electrons. The molecule has 2 heterocycles. The van der Waals surface area contributed by atoms with Gasteiger partial charge in [0.15, 0.2) is 5.60 Å². The maximum atomic E-state index is 13.3. The molecule has 2 bridgehead atoms. The number of benzene rings is 1. The smallest absolute Gasteiger partial charge is 0.380 e. The fourth-order valence-corrected chi connectivity index (χ4v) is 5.63. The van der Waals surface area contributed by atoms with Crippen molar-refractivity contribution in [1.29, 1.82) is 0 Å². The minimum Gasteiger partial charge on any atom is -0.380 e. The van der Waals surface area contributed by atoms with E-state index in [0.717, 1.165) is 12.8 Å². The number of carbonyl (C=O) groups excluding carboxylic acids is 1. The second-order valence-corrected chi connectivity index (χ2v) is 9.67. The zero-order chi connectivity index (χ0) is 21.2. The lowest BCUT2D eigenvalue weighted by Crippen LogP contribution is -2.67. The molecule has 0 spiro atoms. The van der Waals surface area contributed by atoms with Crippen molar-refractivity contribution in [2.45, 2.75) is 69.7 Å². The Hall–Kier alpha value is -1.76. The predicted molar refractivity (Wildman–Crippen MR) is 104 cm³/mol. The lowest BCUT2D eigenvalue weighted by atomic mass is 9.51. The van der Waals surface area contributed by atoms with Crippen LogP contribution in [0.5, 0.6) is 0 Å². The van der Waals surface area contributed by atoms with Crippen LogP contribution in [0, 0.1) is 5.41 Å². The largest absolute Gasteiger partial charge is 0.417 e. The summed E-state index contributed by atoms with van der Waals surface area (Å²) in [5.74, 6) is 0. The van der Waals surface area contributed by atoms with Gasteiger partial charge in [-0.1, -0.05) is 45.0 Å². The number of rotatable bonds is 0. The van der Waals surface area contributed by atoms with E-state index in [9.17, 15) is 23.1 Å². The van der Waals surface area contributed by atoms with Crippen molar-refractivity contribution in [3.63, 3.8) is 0 Å². The van der Waals surface area contributed by atoms with Crippen LogP contribution in [-0.4, -0.2) is 58.4 Å². The first-order valence-electron chi connectivity index (χ1n) is 10.3. The van der Waals surface area contributed by atoms with E-state index in [4.69, 9.17) is 0 Å². The van der Waals surface area contributed by atoms with E-state index in [1.807, 2.05) is 11.0 Å². The molecule has 1 N–H and O–H groups in total. The van der Waals surface area contributed by atoms with Crippen molar-refractivity contribution in [2.75, 3.05) is 19.6 Å². The van der Waals surface area contributed by atoms with Gasteiger partial charge in [0.1, 0.15) is 0 Å². The third kappa shape index (κ3) is 2.87. The van der Waals surface area contributed by atoms with E-state index >= 15 is 0 Å². The molecule has 0 saturated carbocycles. The molecule has 1 aliphatic carbocycles. The van der Waals surface area contributed by atoms with Crippen LogP contribution < -0.4 is 0 Å². The Morgan fingerprint density at radius 2 is 1.69 bits per heavy atom. The molecule has 4 rings (SSSR count). The summed E-state index contributed by atoms with van der Waals surface area (Å²) in [6.45, 7) is 7.11. The standard InChI is InChI=1S/C22H29F3N2O2/c1-19(2)17-14-15-6-4-5-7-16(15)20(19,3)8-13-27(17)18(28)26-11-9-21(29,10-12-26)22(23,24)25/h4-7,17,29H,8-14H2,1-3H3/t17?,20-/m0/s1. The van der Waals surface area contributed by atoms with Crippen LogP contribution in [0.3, 0.4) is 0 Å². The van der Waals surface area contributed by atoms with Gasteiger partial charge in [-0.2, -0.15) is 13.2 Å². The first-order valence-corrected chi connectivity index (χ1v) is 10.3. The molecule has 2 amide bonds. The number of halogens is 3. The summed E-state index contributed by atoms with van der Waals surface area (Å²) in [4.78, 5) is 16.7. The van der Waals surface area contributed by atoms with Crippen molar-refractivity contribution < 1.29 is 23.1 Å². The number of hydrogen-bond donors (Lipinski definition) is 1. The van der Waals surface area contributed by atoms with Gasteiger partial charge in [-0.3, -0.25) is 0 Å². The number of fused-ring (bicyclic) bond motifs is 4. The number of carbonyl (C=O) groups is 1. The highest BCUT2D eigenvalue weighted by molar-refractivity contribution is 5.75. The van der Waals surface area contributed by atoms with Gasteiger partial charge in [-0.15, -0.1) is 0 Å². The molecule has 160 valence electrons. The Morgan fingerprint density at radius 1 is 1.07 bits per heavy atom. The molecule has 1 aromatic carbocycles. The van der Waals surface area contributed by atoms with E-state index in [1.165, 1.54) is 16.0 Å². The summed E-state index contributed by atoms with van der Waals surface area (Å²) >= 11 is 0. The summed E-state index contributed by atoms with van der Waals surface area (Å²) in [5, 5.41) is 9.91. The molecule has 3 aliphatic rings. The van der Waals surface area contributed by atoms with Crippen molar-refractivity contribution in [1.82, 2.24) is 9.80 Å². The third-order valence-electron chi connectivity index (χ3n) is 8.14. The zero-order valence-electron chi connectivity index (χ0n) is 17.2. The Morgan fingerprint density at radius 3 is 2.31 bits per heavy atom. The van der Waals surface area contributed by atoms with E-state index in [2.05, 4.69) is 39.0 Å². The highest BCUT2D eigenvalue weighted by Crippen LogP contribution is 2.56. The third-order valence-corrected chi connectivity index (χ3v) is 8.14. The highest BCUT2D eigenvalue weighted by Gasteiger charge is 2.58. The van der Waals surface area contributed by atoms with Crippen molar-refractivity contribution in [3.8, 4) is 0 Å². The maximum Gasteiger partial charge on any atom is 0.417 e. The minimum absolute atomic E-state index is 0.00734. The quantitative estimate of drug-likeness (QED) is 0.700. The van der Waals surface area contributed by atoms with Crippen LogP contribution in [0.4, 0.5) is 18.0 Å². The minimum atomic E-state index is -4.66. The van der Waals surface area contributed by atoms with Gasteiger partial charge in [-0.25, -0.2) is 4.79 Å². The van der Waals surface area contributed by atoms with Gasteiger partial charge in [0.2, 0.25) is 0 Å². The van der Waals surface area contributed by atoms with Crippen LogP contribution in [0.2, 0.25) is 0 Å². The van der Waals surface area contributed by atoms with Crippen LogP contribution in [0.15, 0.2) is 24.3 Å². The lowest BCUT2D eigenvalue weighted by Gasteiger charge is -2.61. The number of piperidine rings is 2. The molecular weight excluding hydrogens is 381 g/mol. The van der Waals surface area contributed by atoms with Crippen LogP contribution in [0.1, 0.15) is 51.2 Å². The average molecular weight is 410 g/mol. The van der Waals surface area contributed by atoms with E-state index in [-0.39, 0.29) is 36.0 Å². The molecule has 2 aliphatic heterocycles. The molecule has 0 aromatic heterocycles. The van der Waals surface area contributed by atoms with Gasteiger partial charge in [0, 0.05) is 43.9 Å². The first-order chi connectivity index (χ1) is 13.4. The summed E-state index contributed by atoms with van der Waals surface area (Å²) in [7, 11) is 0. The van der Waals surface area contributed by atoms with Crippen molar-refractivity contribution in [3.05, 3.63) is 35.4 Å². The normalized spacial score (nSPS) is 30.7. The number of alkyl halides is 3. The Labute approximate surface area is 169 Å². The lowest BCUT2D eigenvalue weighted by molar-refractivity contribution is -0.271. The van der Waals surface area contributed by atoms with E-state index < -0.39 is 24.6 Å². The number of hydrogen-bond acceptors (Lipinski definition) is 2.